The van der Waals surface area contributed by atoms with Gasteiger partial charge in [0.05, 0.1) is 0 Å². The maximum absolute atomic E-state index is 11.5. The highest BCUT2D eigenvalue weighted by Crippen LogP contribution is 2.30. The van der Waals surface area contributed by atoms with Crippen LogP contribution in [0.15, 0.2) is 12.1 Å². The van der Waals surface area contributed by atoms with Crippen molar-refractivity contribution in [3.05, 3.63) is 23.3 Å². The number of aromatic carboxylic acids is 1. The van der Waals surface area contributed by atoms with E-state index in [1.165, 1.54) is 19.9 Å². The van der Waals surface area contributed by atoms with Crippen LogP contribution in [0.3, 0.4) is 0 Å². The minimum absolute atomic E-state index is 0. The second kappa shape index (κ2) is 10.7. The van der Waals surface area contributed by atoms with E-state index in [9.17, 15) is 19.5 Å². The Morgan fingerprint density at radius 1 is 1.16 bits per heavy atom. The quantitative estimate of drug-likeness (QED) is 0.538. The highest BCUT2D eigenvalue weighted by molar-refractivity contribution is 5.96. The highest BCUT2D eigenvalue weighted by atomic mass is 35.5. The lowest BCUT2D eigenvalue weighted by atomic mass is 10.0. The minimum atomic E-state index is -1.22. The van der Waals surface area contributed by atoms with Gasteiger partial charge in [-0.25, -0.2) is 4.79 Å². The Morgan fingerprint density at radius 2 is 1.76 bits per heavy atom. The zero-order valence-corrected chi connectivity index (χ0v) is 15.7. The van der Waals surface area contributed by atoms with Gasteiger partial charge in [0.25, 0.3) is 0 Å². The number of carbonyl (C=O) groups is 3. The van der Waals surface area contributed by atoms with Crippen molar-refractivity contribution in [2.24, 2.45) is 0 Å². The van der Waals surface area contributed by atoms with Gasteiger partial charge in [-0.15, -0.1) is 12.4 Å². The van der Waals surface area contributed by atoms with Crippen molar-refractivity contribution in [3.63, 3.8) is 0 Å². The molecule has 0 fully saturated rings. The molecular formula is C17H25ClN2O5. The van der Waals surface area contributed by atoms with Gasteiger partial charge in [0.15, 0.2) is 0 Å². The van der Waals surface area contributed by atoms with Gasteiger partial charge in [-0.3, -0.25) is 9.59 Å². The number of nitrogens with zero attached hydrogens (tertiary/aromatic N) is 1. The molecule has 1 aromatic carbocycles. The normalized spacial score (nSPS) is 10.1. The number of benzene rings is 1. The third kappa shape index (κ3) is 7.11. The van der Waals surface area contributed by atoms with Crippen molar-refractivity contribution in [2.75, 3.05) is 25.0 Å². The van der Waals surface area contributed by atoms with E-state index in [0.29, 0.717) is 24.2 Å². The van der Waals surface area contributed by atoms with E-state index in [-0.39, 0.29) is 29.6 Å². The summed E-state index contributed by atoms with van der Waals surface area (Å²) in [5.74, 6) is -2.08. The van der Waals surface area contributed by atoms with Crippen molar-refractivity contribution in [3.8, 4) is 5.75 Å². The molecule has 0 heterocycles. The van der Waals surface area contributed by atoms with E-state index < -0.39 is 11.9 Å². The van der Waals surface area contributed by atoms with Crippen molar-refractivity contribution in [1.82, 2.24) is 4.90 Å². The van der Waals surface area contributed by atoms with Crippen molar-refractivity contribution >= 4 is 35.9 Å². The van der Waals surface area contributed by atoms with Gasteiger partial charge < -0.3 is 20.1 Å². The number of rotatable bonds is 8. The topological polar surface area (TPSA) is 95.9 Å². The molecule has 0 aliphatic rings. The molecule has 2 N–H and O–H groups in total. The van der Waals surface area contributed by atoms with Crippen LogP contribution in [-0.2, 0) is 16.0 Å². The number of hydrogen-bond donors (Lipinski definition) is 2. The number of nitrogens with one attached hydrogen (secondary N) is 1. The van der Waals surface area contributed by atoms with Crippen LogP contribution in [0.1, 0.15) is 43.6 Å². The lowest BCUT2D eigenvalue weighted by Gasteiger charge is -2.20. The van der Waals surface area contributed by atoms with Gasteiger partial charge >= 0.3 is 11.9 Å². The summed E-state index contributed by atoms with van der Waals surface area (Å²) in [6.07, 6.45) is 0.498. The summed E-state index contributed by atoms with van der Waals surface area (Å²) >= 11 is 0. The van der Waals surface area contributed by atoms with E-state index in [4.69, 9.17) is 4.74 Å². The summed E-state index contributed by atoms with van der Waals surface area (Å²) in [5.41, 5.74) is 0.789. The molecule has 7 nitrogen and oxygen atoms in total. The molecule has 0 aliphatic carbocycles. The molecule has 0 saturated heterocycles. The first-order chi connectivity index (χ1) is 11.3. The molecule has 0 bridgehead atoms. The number of halogens is 1. The van der Waals surface area contributed by atoms with Crippen LogP contribution in [0.25, 0.3) is 0 Å². The maximum Gasteiger partial charge on any atom is 0.339 e. The summed E-state index contributed by atoms with van der Waals surface area (Å²) in [4.78, 5) is 36.3. The molecule has 140 valence electrons. The number of carbonyl (C=O) groups excluding carboxylic acids is 2. The number of ether oxygens (including phenoxy) is 1. The fraction of sp³-hybridized carbons (Fsp3) is 0.471. The van der Waals surface area contributed by atoms with Crippen LogP contribution < -0.4 is 10.1 Å². The summed E-state index contributed by atoms with van der Waals surface area (Å²) in [6, 6.07) is 2.94. The molecule has 1 aromatic rings. The van der Waals surface area contributed by atoms with E-state index in [0.717, 1.165) is 13.1 Å². The Labute approximate surface area is 153 Å². The number of hydrogen-bond acceptors (Lipinski definition) is 5. The third-order valence-electron chi connectivity index (χ3n) is 3.55. The average molecular weight is 373 g/mol. The number of amides is 1. The highest BCUT2D eigenvalue weighted by Gasteiger charge is 2.20. The van der Waals surface area contributed by atoms with E-state index in [2.05, 4.69) is 10.2 Å². The Hall–Kier alpha value is -2.12. The van der Waals surface area contributed by atoms with Gasteiger partial charge in [0, 0.05) is 26.1 Å². The number of esters is 1. The van der Waals surface area contributed by atoms with Crippen molar-refractivity contribution in [2.45, 2.75) is 34.1 Å². The van der Waals surface area contributed by atoms with Gasteiger partial charge in [0.2, 0.25) is 5.91 Å². The second-order valence-corrected chi connectivity index (χ2v) is 5.37. The van der Waals surface area contributed by atoms with Crippen molar-refractivity contribution < 1.29 is 24.2 Å². The standard InChI is InChI=1S/C17H24N2O5.ClH/c1-5-19(6-2)8-7-13-9-14(18-11(3)20)10-15(17(22)23)16(13)24-12(4)21;/h9-10H,5-8H2,1-4H3,(H,18,20)(H,22,23);1H. The van der Waals surface area contributed by atoms with Crippen LogP contribution in [0.2, 0.25) is 0 Å². The minimum Gasteiger partial charge on any atom is -0.478 e. The zero-order valence-electron chi connectivity index (χ0n) is 14.9. The first kappa shape index (κ1) is 22.9. The maximum atomic E-state index is 11.5. The average Bonchev–Trinajstić information content (AvgIpc) is 2.48. The molecule has 25 heavy (non-hydrogen) atoms. The zero-order chi connectivity index (χ0) is 18.3. The Kier molecular flexibility index (Phi) is 9.78. The van der Waals surface area contributed by atoms with Gasteiger partial charge in [-0.05, 0) is 37.2 Å². The lowest BCUT2D eigenvalue weighted by molar-refractivity contribution is -0.132. The van der Waals surface area contributed by atoms with Crippen LogP contribution in [0.4, 0.5) is 5.69 Å². The molecule has 0 atom stereocenters. The summed E-state index contributed by atoms with van der Waals surface area (Å²) < 4.78 is 5.15. The largest absolute Gasteiger partial charge is 0.478 e. The predicted molar refractivity (Wildman–Crippen MR) is 97.8 cm³/mol. The molecule has 1 rings (SSSR count). The first-order valence-corrected chi connectivity index (χ1v) is 7.87. The van der Waals surface area contributed by atoms with Gasteiger partial charge in [0.1, 0.15) is 11.3 Å². The summed E-state index contributed by atoms with van der Waals surface area (Å²) in [6.45, 7) is 9.04. The molecule has 0 saturated carbocycles. The SMILES string of the molecule is CCN(CC)CCc1cc(NC(C)=O)cc(C(=O)O)c1OC(C)=O.Cl. The Balaban J connectivity index is 0.00000576. The van der Waals surface area contributed by atoms with Gasteiger partial charge in [-0.1, -0.05) is 13.8 Å². The summed E-state index contributed by atoms with van der Waals surface area (Å²) in [7, 11) is 0. The predicted octanol–water partition coefficient (Wildman–Crippen LogP) is 2.57. The first-order valence-electron chi connectivity index (χ1n) is 7.87. The van der Waals surface area contributed by atoms with E-state index in [1.54, 1.807) is 6.07 Å². The molecule has 0 aliphatic heterocycles. The lowest BCUT2D eigenvalue weighted by Crippen LogP contribution is -2.25. The number of carboxylic acids is 1. The molecule has 1 amide bonds. The molecule has 0 aromatic heterocycles. The summed E-state index contributed by atoms with van der Waals surface area (Å²) in [5, 5.41) is 12.0. The number of anilines is 1. The molecule has 8 heteroatoms. The third-order valence-corrected chi connectivity index (χ3v) is 3.55. The van der Waals surface area contributed by atoms with Crippen molar-refractivity contribution in [1.29, 1.82) is 0 Å². The fourth-order valence-corrected chi connectivity index (χ4v) is 2.39. The number of carboxylic acid groups (broad SMARTS) is 1. The fourth-order valence-electron chi connectivity index (χ4n) is 2.39. The van der Waals surface area contributed by atoms with Crippen LogP contribution in [-0.4, -0.2) is 47.5 Å². The smallest absolute Gasteiger partial charge is 0.339 e. The van der Waals surface area contributed by atoms with E-state index >= 15 is 0 Å². The van der Waals surface area contributed by atoms with Crippen LogP contribution >= 0.6 is 12.4 Å². The number of likely N-dealkylation sites (N-methyl/N-ethyl adjacent to an activating group) is 1. The molecule has 0 radical (unpaired) electrons. The second-order valence-electron chi connectivity index (χ2n) is 5.37. The Bertz CT molecular complexity index is 630. The van der Waals surface area contributed by atoms with Gasteiger partial charge in [-0.2, -0.15) is 0 Å². The van der Waals surface area contributed by atoms with Crippen LogP contribution in [0, 0.1) is 0 Å². The van der Waals surface area contributed by atoms with Crippen LogP contribution in [0.5, 0.6) is 5.75 Å². The molecule has 0 unspecified atom stereocenters. The molecular weight excluding hydrogens is 348 g/mol. The molecule has 0 spiro atoms. The Morgan fingerprint density at radius 3 is 2.20 bits per heavy atom. The van der Waals surface area contributed by atoms with E-state index in [1.807, 2.05) is 13.8 Å². The monoisotopic (exact) mass is 372 g/mol.